The van der Waals surface area contributed by atoms with Gasteiger partial charge in [-0.3, -0.25) is 0 Å². The Morgan fingerprint density at radius 1 is 1.14 bits per heavy atom. The number of aromatic nitrogens is 5. The van der Waals surface area contributed by atoms with Crippen LogP contribution < -0.4 is 5.73 Å². The zero-order valence-electron chi connectivity index (χ0n) is 12.5. The predicted molar refractivity (Wildman–Crippen MR) is 73.4 cm³/mol. The Hall–Kier alpha value is -2.00. The lowest BCUT2D eigenvalue weighted by molar-refractivity contribution is 0.0211. The molecule has 0 unspecified atom stereocenters. The molecule has 4 N–H and O–H groups in total. The Balaban J connectivity index is 2.72. The smallest absolute Gasteiger partial charge is 0.243 e. The summed E-state index contributed by atoms with van der Waals surface area (Å²) in [6, 6.07) is 0. The van der Waals surface area contributed by atoms with E-state index in [1.165, 1.54) is 4.68 Å². The molecule has 0 radical (unpaired) electrons. The van der Waals surface area contributed by atoms with E-state index in [0.717, 1.165) is 0 Å². The Morgan fingerprint density at radius 2 is 1.76 bits per heavy atom. The molecule has 0 aromatic carbocycles. The van der Waals surface area contributed by atoms with Crippen LogP contribution in [0.3, 0.4) is 0 Å². The molecule has 116 valence electrons. The Bertz CT molecular complexity index is 631. The van der Waals surface area contributed by atoms with Gasteiger partial charge in [0.15, 0.2) is 0 Å². The first kappa shape index (κ1) is 15.4. The van der Waals surface area contributed by atoms with E-state index in [1.54, 1.807) is 13.8 Å². The van der Waals surface area contributed by atoms with Crippen LogP contribution in [0, 0.1) is 0 Å². The maximum atomic E-state index is 10.7. The number of nitrogens with two attached hydrogens (primary N) is 1. The van der Waals surface area contributed by atoms with Crippen LogP contribution in [0.2, 0.25) is 0 Å². The quantitative estimate of drug-likeness (QED) is 0.724. The lowest BCUT2D eigenvalue weighted by Gasteiger charge is -2.27. The molecule has 0 fully saturated rings. The van der Waals surface area contributed by atoms with Crippen LogP contribution in [0.1, 0.15) is 51.9 Å². The molecule has 2 atom stereocenters. The molecule has 0 aliphatic carbocycles. The highest BCUT2D eigenvalue weighted by molar-refractivity contribution is 5.46. The molecule has 2 aromatic rings. The topological polar surface area (TPSA) is 136 Å². The number of hydrogen-bond acceptors (Lipinski definition) is 8. The second kappa shape index (κ2) is 5.08. The van der Waals surface area contributed by atoms with Gasteiger partial charge < -0.3 is 15.9 Å². The van der Waals surface area contributed by atoms with E-state index in [4.69, 9.17) is 5.73 Å². The average molecular weight is 296 g/mol. The fourth-order valence-corrected chi connectivity index (χ4v) is 1.95. The minimum Gasteiger partial charge on any atom is -0.384 e. The SMILES string of the molecule is CC[C@@](C)(O)c1nnn(-c2nonc2N)c1[C@](C)(O)CC. The van der Waals surface area contributed by atoms with Gasteiger partial charge >= 0.3 is 0 Å². The van der Waals surface area contributed by atoms with Crippen LogP contribution in [0.25, 0.3) is 5.82 Å². The average Bonchev–Trinajstić information content (AvgIpc) is 3.04. The first-order chi connectivity index (χ1) is 9.74. The van der Waals surface area contributed by atoms with Gasteiger partial charge in [-0.05, 0) is 37.0 Å². The van der Waals surface area contributed by atoms with Gasteiger partial charge in [-0.1, -0.05) is 19.1 Å². The highest BCUT2D eigenvalue weighted by Gasteiger charge is 2.39. The van der Waals surface area contributed by atoms with Crippen molar-refractivity contribution in [2.24, 2.45) is 0 Å². The minimum atomic E-state index is -1.27. The Labute approximate surface area is 121 Å². The van der Waals surface area contributed by atoms with Gasteiger partial charge in [-0.15, -0.1) is 5.10 Å². The highest BCUT2D eigenvalue weighted by atomic mass is 16.6. The number of anilines is 1. The summed E-state index contributed by atoms with van der Waals surface area (Å²) in [6.07, 6.45) is 0.795. The van der Waals surface area contributed by atoms with Crippen molar-refractivity contribution in [3.05, 3.63) is 11.4 Å². The van der Waals surface area contributed by atoms with E-state index in [-0.39, 0.29) is 17.3 Å². The van der Waals surface area contributed by atoms with Gasteiger partial charge in [0.1, 0.15) is 22.6 Å². The van der Waals surface area contributed by atoms with Crippen LogP contribution in [0.4, 0.5) is 5.82 Å². The maximum absolute atomic E-state index is 10.7. The van der Waals surface area contributed by atoms with E-state index in [1.807, 2.05) is 13.8 Å². The highest BCUT2D eigenvalue weighted by Crippen LogP contribution is 2.35. The number of nitrogen functional groups attached to an aromatic ring is 1. The van der Waals surface area contributed by atoms with Crippen LogP contribution in [-0.2, 0) is 11.2 Å². The summed E-state index contributed by atoms with van der Waals surface area (Å²) in [5.41, 5.74) is 3.76. The summed E-state index contributed by atoms with van der Waals surface area (Å²) in [5.74, 6) is 0.153. The van der Waals surface area contributed by atoms with E-state index in [9.17, 15) is 10.2 Å². The molecule has 2 rings (SSSR count). The van der Waals surface area contributed by atoms with Crippen LogP contribution in [0.5, 0.6) is 0 Å². The molecule has 0 spiro atoms. The summed E-state index contributed by atoms with van der Waals surface area (Å²) in [7, 11) is 0. The van der Waals surface area contributed by atoms with Crippen molar-refractivity contribution in [3.63, 3.8) is 0 Å². The summed E-state index contributed by atoms with van der Waals surface area (Å²) >= 11 is 0. The lowest BCUT2D eigenvalue weighted by Crippen LogP contribution is -2.31. The van der Waals surface area contributed by atoms with Crippen LogP contribution >= 0.6 is 0 Å². The molecule has 0 saturated carbocycles. The molecule has 0 aliphatic heterocycles. The molecular formula is C12H20N6O3. The monoisotopic (exact) mass is 296 g/mol. The molecule has 0 amide bonds. The molecule has 9 heteroatoms. The summed E-state index contributed by atoms with van der Waals surface area (Å²) in [6.45, 7) is 6.85. The molecule has 2 aromatic heterocycles. The molecule has 0 saturated heterocycles. The molecule has 0 bridgehead atoms. The van der Waals surface area contributed by atoms with Crippen LogP contribution in [0.15, 0.2) is 4.63 Å². The molecule has 9 nitrogen and oxygen atoms in total. The van der Waals surface area contributed by atoms with Gasteiger partial charge in [0, 0.05) is 0 Å². The maximum Gasteiger partial charge on any atom is 0.243 e. The van der Waals surface area contributed by atoms with Crippen molar-refractivity contribution < 1.29 is 14.8 Å². The third-order valence-corrected chi connectivity index (χ3v) is 3.76. The zero-order valence-corrected chi connectivity index (χ0v) is 12.5. The number of aliphatic hydroxyl groups is 2. The molecule has 2 heterocycles. The lowest BCUT2D eigenvalue weighted by atomic mass is 9.89. The third kappa shape index (κ3) is 2.49. The molecular weight excluding hydrogens is 276 g/mol. The van der Waals surface area contributed by atoms with E-state index in [0.29, 0.717) is 18.5 Å². The standard InChI is InChI=1S/C12H20N6O3/c1-5-11(3,19)7-8(12(4,20)6-2)18(17-14-7)10-9(13)15-21-16-10/h19-20H,5-6H2,1-4H3,(H2,13,15)/t11-,12-/m1/s1. The summed E-state index contributed by atoms with van der Waals surface area (Å²) in [4.78, 5) is 0. The van der Waals surface area contributed by atoms with Crippen molar-refractivity contribution in [1.82, 2.24) is 25.3 Å². The largest absolute Gasteiger partial charge is 0.384 e. The second-order valence-corrected chi connectivity index (χ2v) is 5.43. The van der Waals surface area contributed by atoms with Crippen molar-refractivity contribution >= 4 is 5.82 Å². The minimum absolute atomic E-state index is 0.0238. The van der Waals surface area contributed by atoms with Gasteiger partial charge in [-0.2, -0.15) is 4.68 Å². The first-order valence-electron chi connectivity index (χ1n) is 6.74. The van der Waals surface area contributed by atoms with Gasteiger partial charge in [0.25, 0.3) is 0 Å². The van der Waals surface area contributed by atoms with Gasteiger partial charge in [0.2, 0.25) is 11.6 Å². The number of hydrogen-bond donors (Lipinski definition) is 3. The van der Waals surface area contributed by atoms with Crippen molar-refractivity contribution in [1.29, 1.82) is 0 Å². The first-order valence-corrected chi connectivity index (χ1v) is 6.74. The molecule has 21 heavy (non-hydrogen) atoms. The van der Waals surface area contributed by atoms with Crippen molar-refractivity contribution in [3.8, 4) is 5.82 Å². The second-order valence-electron chi connectivity index (χ2n) is 5.43. The van der Waals surface area contributed by atoms with E-state index < -0.39 is 11.2 Å². The Kier molecular flexibility index (Phi) is 3.72. The predicted octanol–water partition coefficient (Wildman–Crippen LogP) is 0.467. The fraction of sp³-hybridized carbons (Fsp3) is 0.667. The Morgan fingerprint density at radius 3 is 2.24 bits per heavy atom. The van der Waals surface area contributed by atoms with Crippen molar-refractivity contribution in [2.45, 2.75) is 51.7 Å². The zero-order chi connectivity index (χ0) is 15.8. The van der Waals surface area contributed by atoms with E-state index >= 15 is 0 Å². The normalized spacial score (nSPS) is 17.4. The fourth-order valence-electron chi connectivity index (χ4n) is 1.95. The molecule has 0 aliphatic rings. The number of rotatable bonds is 5. The summed E-state index contributed by atoms with van der Waals surface area (Å²) < 4.78 is 5.82. The van der Waals surface area contributed by atoms with Crippen molar-refractivity contribution in [2.75, 3.05) is 5.73 Å². The van der Waals surface area contributed by atoms with E-state index in [2.05, 4.69) is 25.3 Å². The van der Waals surface area contributed by atoms with Gasteiger partial charge in [-0.25, -0.2) is 4.63 Å². The summed E-state index contributed by atoms with van der Waals surface area (Å²) in [5, 5.41) is 36.3. The third-order valence-electron chi connectivity index (χ3n) is 3.76. The van der Waals surface area contributed by atoms with Crippen LogP contribution in [-0.4, -0.2) is 35.5 Å². The number of nitrogens with zero attached hydrogens (tertiary/aromatic N) is 5. The van der Waals surface area contributed by atoms with Gasteiger partial charge in [0.05, 0.1) is 0 Å².